The van der Waals surface area contributed by atoms with Crippen LogP contribution in [0.5, 0.6) is 0 Å². The van der Waals surface area contributed by atoms with Crippen LogP contribution in [-0.4, -0.2) is 17.0 Å². The maximum absolute atomic E-state index is 12.8. The number of carbonyl (C=O) groups is 2. The summed E-state index contributed by atoms with van der Waals surface area (Å²) in [6.45, 7) is 0. The molecule has 1 aromatic rings. The van der Waals surface area contributed by atoms with E-state index >= 15 is 0 Å². The van der Waals surface area contributed by atoms with Gasteiger partial charge in [0.15, 0.2) is 0 Å². The van der Waals surface area contributed by atoms with Gasteiger partial charge in [-0.05, 0) is 18.2 Å². The molecule has 0 aliphatic rings. The van der Waals surface area contributed by atoms with Gasteiger partial charge in [-0.3, -0.25) is 4.79 Å². The van der Waals surface area contributed by atoms with E-state index in [0.717, 1.165) is 18.2 Å². The SMILES string of the molecule is N#Cc1cc(F)ccc1NC(=O)/C=C/C(=O)O. The molecule has 0 radical (unpaired) electrons. The van der Waals surface area contributed by atoms with Crippen molar-refractivity contribution in [1.82, 2.24) is 0 Å². The standard InChI is InChI=1S/C11H7FN2O3/c12-8-1-2-9(7(5-8)6-13)14-10(15)3-4-11(16)17/h1-5H,(H,14,15)(H,16,17)/b4-3+. The number of carboxylic acid groups (broad SMARTS) is 1. The first-order valence-electron chi connectivity index (χ1n) is 4.44. The van der Waals surface area contributed by atoms with Crippen LogP contribution in [0.3, 0.4) is 0 Å². The Morgan fingerprint density at radius 2 is 2.12 bits per heavy atom. The molecule has 0 aromatic heterocycles. The lowest BCUT2D eigenvalue weighted by Crippen LogP contribution is -2.10. The van der Waals surface area contributed by atoms with Crippen molar-refractivity contribution < 1.29 is 19.1 Å². The van der Waals surface area contributed by atoms with Gasteiger partial charge in [-0.2, -0.15) is 5.26 Å². The maximum atomic E-state index is 12.8. The van der Waals surface area contributed by atoms with Crippen LogP contribution in [0, 0.1) is 17.1 Å². The average molecular weight is 234 g/mol. The molecule has 1 aromatic carbocycles. The molecule has 0 aliphatic carbocycles. The minimum absolute atomic E-state index is 0.0397. The number of aliphatic carboxylic acids is 1. The van der Waals surface area contributed by atoms with Crippen molar-refractivity contribution >= 4 is 17.6 Å². The van der Waals surface area contributed by atoms with Crippen molar-refractivity contribution in [3.8, 4) is 6.07 Å². The number of benzene rings is 1. The van der Waals surface area contributed by atoms with Crippen LogP contribution >= 0.6 is 0 Å². The Hall–Kier alpha value is -2.68. The van der Waals surface area contributed by atoms with Gasteiger partial charge in [0.05, 0.1) is 11.3 Å². The summed E-state index contributed by atoms with van der Waals surface area (Å²) < 4.78 is 12.8. The molecule has 1 amide bonds. The van der Waals surface area contributed by atoms with Crippen LogP contribution < -0.4 is 5.32 Å². The number of hydrogen-bond donors (Lipinski definition) is 2. The number of nitrogens with zero attached hydrogens (tertiary/aromatic N) is 1. The van der Waals surface area contributed by atoms with Gasteiger partial charge in [0.25, 0.3) is 0 Å². The smallest absolute Gasteiger partial charge is 0.328 e. The fourth-order valence-corrected chi connectivity index (χ4v) is 1.04. The van der Waals surface area contributed by atoms with E-state index in [2.05, 4.69) is 5.32 Å². The normalized spacial score (nSPS) is 9.88. The molecule has 86 valence electrons. The van der Waals surface area contributed by atoms with Gasteiger partial charge >= 0.3 is 5.97 Å². The molecule has 0 heterocycles. The summed E-state index contributed by atoms with van der Waals surface area (Å²) in [6, 6.07) is 4.98. The quantitative estimate of drug-likeness (QED) is 0.770. The Balaban J connectivity index is 2.86. The van der Waals surface area contributed by atoms with Crippen LogP contribution in [0.4, 0.5) is 10.1 Å². The van der Waals surface area contributed by atoms with Gasteiger partial charge in [-0.25, -0.2) is 9.18 Å². The third-order valence-corrected chi connectivity index (χ3v) is 1.74. The van der Waals surface area contributed by atoms with E-state index in [1.807, 2.05) is 0 Å². The first-order valence-corrected chi connectivity index (χ1v) is 4.44. The lowest BCUT2D eigenvalue weighted by Gasteiger charge is -2.03. The van der Waals surface area contributed by atoms with Crippen LogP contribution in [0.25, 0.3) is 0 Å². The minimum Gasteiger partial charge on any atom is -0.478 e. The lowest BCUT2D eigenvalue weighted by atomic mass is 10.2. The number of carbonyl (C=O) groups excluding carboxylic acids is 1. The molecule has 0 spiro atoms. The summed E-state index contributed by atoms with van der Waals surface area (Å²) in [6.07, 6.45) is 1.46. The first kappa shape index (κ1) is 12.4. The largest absolute Gasteiger partial charge is 0.478 e. The number of amides is 1. The Kier molecular flexibility index (Phi) is 3.95. The van der Waals surface area contributed by atoms with Crippen LogP contribution in [0.2, 0.25) is 0 Å². The highest BCUT2D eigenvalue weighted by atomic mass is 19.1. The molecule has 0 saturated heterocycles. The number of anilines is 1. The summed E-state index contributed by atoms with van der Waals surface area (Å²) in [5.74, 6) is -2.57. The molecular weight excluding hydrogens is 227 g/mol. The first-order chi connectivity index (χ1) is 8.02. The molecule has 0 bridgehead atoms. The third-order valence-electron chi connectivity index (χ3n) is 1.74. The van der Waals surface area contributed by atoms with Gasteiger partial charge in [0.1, 0.15) is 11.9 Å². The Bertz CT molecular complexity index is 532. The number of rotatable bonds is 3. The van der Waals surface area contributed by atoms with E-state index in [4.69, 9.17) is 10.4 Å². The van der Waals surface area contributed by atoms with Gasteiger partial charge in [-0.1, -0.05) is 0 Å². The van der Waals surface area contributed by atoms with Crippen LogP contribution in [0.15, 0.2) is 30.4 Å². The number of nitrogens with one attached hydrogen (secondary N) is 1. The number of nitriles is 1. The number of hydrogen-bond acceptors (Lipinski definition) is 3. The van der Waals surface area contributed by atoms with E-state index < -0.39 is 17.7 Å². The zero-order valence-electron chi connectivity index (χ0n) is 8.48. The summed E-state index contributed by atoms with van der Waals surface area (Å²) in [7, 11) is 0. The van der Waals surface area contributed by atoms with Crippen LogP contribution in [0.1, 0.15) is 5.56 Å². The van der Waals surface area contributed by atoms with Gasteiger partial charge in [-0.15, -0.1) is 0 Å². The molecule has 17 heavy (non-hydrogen) atoms. The summed E-state index contributed by atoms with van der Waals surface area (Å²) >= 11 is 0. The van der Waals surface area contributed by atoms with Crippen LogP contribution in [-0.2, 0) is 9.59 Å². The fourth-order valence-electron chi connectivity index (χ4n) is 1.04. The van der Waals surface area contributed by atoms with E-state index in [9.17, 15) is 14.0 Å². The van der Waals surface area contributed by atoms with Gasteiger partial charge < -0.3 is 10.4 Å². The molecule has 2 N–H and O–H groups in total. The molecule has 0 atom stereocenters. The second-order valence-corrected chi connectivity index (χ2v) is 2.96. The molecule has 0 saturated carbocycles. The molecule has 1 rings (SSSR count). The van der Waals surface area contributed by atoms with Crippen molar-refractivity contribution in [2.45, 2.75) is 0 Å². The van der Waals surface area contributed by atoms with Crippen molar-refractivity contribution in [3.05, 3.63) is 41.7 Å². The Labute approximate surface area is 95.8 Å². The van der Waals surface area contributed by atoms with Crippen molar-refractivity contribution in [2.24, 2.45) is 0 Å². The molecule has 0 fully saturated rings. The average Bonchev–Trinajstić information content (AvgIpc) is 2.28. The highest BCUT2D eigenvalue weighted by Crippen LogP contribution is 2.15. The van der Waals surface area contributed by atoms with Crippen molar-refractivity contribution in [3.63, 3.8) is 0 Å². The summed E-state index contributed by atoms with van der Waals surface area (Å²) in [5, 5.41) is 19.3. The number of halogens is 1. The zero-order chi connectivity index (χ0) is 12.8. The van der Waals surface area contributed by atoms with Gasteiger partial charge in [0.2, 0.25) is 5.91 Å². The molecule has 0 unspecified atom stereocenters. The summed E-state index contributed by atoms with van der Waals surface area (Å²) in [5.41, 5.74) is 0.0796. The molecular formula is C11H7FN2O3. The van der Waals surface area contributed by atoms with Crippen molar-refractivity contribution in [2.75, 3.05) is 5.32 Å². The second-order valence-electron chi connectivity index (χ2n) is 2.96. The Morgan fingerprint density at radius 3 is 2.71 bits per heavy atom. The second kappa shape index (κ2) is 5.42. The predicted octanol–water partition coefficient (Wildman–Crippen LogP) is 1.28. The zero-order valence-corrected chi connectivity index (χ0v) is 8.48. The molecule has 5 nitrogen and oxygen atoms in total. The van der Waals surface area contributed by atoms with E-state index in [1.54, 1.807) is 6.07 Å². The maximum Gasteiger partial charge on any atom is 0.328 e. The highest BCUT2D eigenvalue weighted by Gasteiger charge is 2.05. The fraction of sp³-hybridized carbons (Fsp3) is 0. The third kappa shape index (κ3) is 3.76. The van der Waals surface area contributed by atoms with E-state index in [-0.39, 0.29) is 11.3 Å². The summed E-state index contributed by atoms with van der Waals surface area (Å²) in [4.78, 5) is 21.4. The Morgan fingerprint density at radius 1 is 1.41 bits per heavy atom. The molecule has 6 heteroatoms. The van der Waals surface area contributed by atoms with Crippen molar-refractivity contribution in [1.29, 1.82) is 5.26 Å². The van der Waals surface area contributed by atoms with Gasteiger partial charge in [0, 0.05) is 12.2 Å². The van der Waals surface area contributed by atoms with E-state index in [1.165, 1.54) is 6.07 Å². The molecule has 0 aliphatic heterocycles. The lowest BCUT2D eigenvalue weighted by molar-refractivity contribution is -0.131. The highest BCUT2D eigenvalue weighted by molar-refractivity contribution is 6.02. The number of carboxylic acids is 1. The minimum atomic E-state index is -1.26. The van der Waals surface area contributed by atoms with E-state index in [0.29, 0.717) is 6.08 Å². The topological polar surface area (TPSA) is 90.2 Å². The predicted molar refractivity (Wildman–Crippen MR) is 56.5 cm³/mol. The monoisotopic (exact) mass is 234 g/mol.